The van der Waals surface area contributed by atoms with Gasteiger partial charge in [-0.3, -0.25) is 0 Å². The summed E-state index contributed by atoms with van der Waals surface area (Å²) < 4.78 is 0. The largest absolute Gasteiger partial charge is 0.394 e. The summed E-state index contributed by atoms with van der Waals surface area (Å²) in [5.74, 6) is 1.86. The van der Waals surface area contributed by atoms with Crippen molar-refractivity contribution in [2.24, 2.45) is 0 Å². The van der Waals surface area contributed by atoms with E-state index in [4.69, 9.17) is 5.11 Å². The Balaban J connectivity index is 2.64. The zero-order valence-electron chi connectivity index (χ0n) is 8.77. The summed E-state index contributed by atoms with van der Waals surface area (Å²) in [6.45, 7) is 1.59. The normalized spacial score (nSPS) is 12.5. The Morgan fingerprint density at radius 1 is 1.53 bits per heavy atom. The highest BCUT2D eigenvalue weighted by atomic mass is 32.2. The van der Waals surface area contributed by atoms with Crippen LogP contribution in [0.4, 0.5) is 5.82 Å². The number of thioether (sulfide) groups is 1. The van der Waals surface area contributed by atoms with Crippen molar-refractivity contribution >= 4 is 17.6 Å². The molecule has 0 saturated heterocycles. The van der Waals surface area contributed by atoms with Crippen LogP contribution >= 0.6 is 11.8 Å². The highest BCUT2D eigenvalue weighted by Gasteiger charge is 2.05. The van der Waals surface area contributed by atoms with Gasteiger partial charge < -0.3 is 15.5 Å². The lowest BCUT2D eigenvalue weighted by atomic mass is 10.4. The molecule has 1 aromatic rings. The molecule has 0 aliphatic heterocycles. The van der Waals surface area contributed by atoms with Crippen LogP contribution in [0.1, 0.15) is 5.82 Å². The minimum absolute atomic E-state index is 0.226. The quantitative estimate of drug-likeness (QED) is 0.497. The molecule has 0 aliphatic rings. The first kappa shape index (κ1) is 12.2. The van der Waals surface area contributed by atoms with Gasteiger partial charge in [-0.05, 0) is 6.92 Å². The number of nitrogens with one attached hydrogen (secondary N) is 1. The molecular weight excluding hydrogens is 214 g/mol. The molecular formula is C9H15N3O2S. The topological polar surface area (TPSA) is 78.3 Å². The van der Waals surface area contributed by atoms with Crippen LogP contribution in [-0.4, -0.2) is 45.7 Å². The second-order valence-electron chi connectivity index (χ2n) is 3.04. The molecule has 84 valence electrons. The standard InChI is InChI=1S/C9H15N3O2S/c1-6-11-8(10-2)3-9(12-6)15-5-7(14)4-13/h3,7,13-14H,4-5H2,1-2H3,(H,10,11,12). The smallest absolute Gasteiger partial charge is 0.130 e. The molecule has 0 fully saturated rings. The van der Waals surface area contributed by atoms with Gasteiger partial charge in [0.25, 0.3) is 0 Å². The van der Waals surface area contributed by atoms with Crippen molar-refractivity contribution in [2.75, 3.05) is 24.7 Å². The van der Waals surface area contributed by atoms with E-state index >= 15 is 0 Å². The van der Waals surface area contributed by atoms with E-state index in [1.165, 1.54) is 11.8 Å². The third kappa shape index (κ3) is 4.03. The second-order valence-corrected chi connectivity index (χ2v) is 4.08. The monoisotopic (exact) mass is 229 g/mol. The first-order valence-electron chi connectivity index (χ1n) is 4.61. The van der Waals surface area contributed by atoms with E-state index in [0.29, 0.717) is 11.6 Å². The fourth-order valence-electron chi connectivity index (χ4n) is 0.977. The van der Waals surface area contributed by atoms with E-state index in [1.54, 1.807) is 7.05 Å². The highest BCUT2D eigenvalue weighted by molar-refractivity contribution is 7.99. The van der Waals surface area contributed by atoms with Crippen molar-refractivity contribution in [1.29, 1.82) is 0 Å². The average Bonchev–Trinajstić information content (AvgIpc) is 2.25. The maximum absolute atomic E-state index is 9.19. The summed E-state index contributed by atoms with van der Waals surface area (Å²) in [6, 6.07) is 1.81. The molecule has 0 radical (unpaired) electrons. The molecule has 0 aliphatic carbocycles. The molecule has 0 aromatic carbocycles. The van der Waals surface area contributed by atoms with Crippen molar-refractivity contribution in [3.8, 4) is 0 Å². The number of hydrogen-bond acceptors (Lipinski definition) is 6. The predicted octanol–water partition coefficient (Wildman–Crippen LogP) is 0.272. The van der Waals surface area contributed by atoms with Crippen molar-refractivity contribution in [1.82, 2.24) is 9.97 Å². The number of aliphatic hydroxyl groups is 2. The fourth-order valence-corrected chi connectivity index (χ4v) is 1.84. The third-order valence-electron chi connectivity index (χ3n) is 1.70. The number of rotatable bonds is 5. The maximum Gasteiger partial charge on any atom is 0.130 e. The minimum atomic E-state index is -0.705. The Labute approximate surface area is 93.0 Å². The molecule has 1 atom stereocenters. The van der Waals surface area contributed by atoms with Gasteiger partial charge >= 0.3 is 0 Å². The summed E-state index contributed by atoms with van der Waals surface area (Å²) in [4.78, 5) is 8.36. The van der Waals surface area contributed by atoms with Crippen molar-refractivity contribution in [3.63, 3.8) is 0 Å². The van der Waals surface area contributed by atoms with Gasteiger partial charge in [-0.25, -0.2) is 9.97 Å². The van der Waals surface area contributed by atoms with E-state index in [-0.39, 0.29) is 6.61 Å². The number of anilines is 1. The Hall–Kier alpha value is -0.850. The number of aryl methyl sites for hydroxylation is 1. The molecule has 1 rings (SSSR count). The van der Waals surface area contributed by atoms with Crippen molar-refractivity contribution in [2.45, 2.75) is 18.1 Å². The van der Waals surface area contributed by atoms with Crippen molar-refractivity contribution in [3.05, 3.63) is 11.9 Å². The van der Waals surface area contributed by atoms with E-state index in [0.717, 1.165) is 10.8 Å². The summed E-state index contributed by atoms with van der Waals surface area (Å²) in [5, 5.41) is 21.6. The summed E-state index contributed by atoms with van der Waals surface area (Å²) in [6.07, 6.45) is -0.705. The van der Waals surface area contributed by atoms with Crippen LogP contribution in [-0.2, 0) is 0 Å². The zero-order chi connectivity index (χ0) is 11.3. The molecule has 0 spiro atoms. The first-order chi connectivity index (χ1) is 7.15. The van der Waals surface area contributed by atoms with Crippen LogP contribution in [0.5, 0.6) is 0 Å². The predicted molar refractivity (Wildman–Crippen MR) is 60.1 cm³/mol. The lowest BCUT2D eigenvalue weighted by molar-refractivity contribution is 0.113. The van der Waals surface area contributed by atoms with Gasteiger partial charge in [-0.1, -0.05) is 0 Å². The second kappa shape index (κ2) is 5.89. The summed E-state index contributed by atoms with van der Waals surface area (Å²) in [7, 11) is 1.79. The van der Waals surface area contributed by atoms with E-state index in [9.17, 15) is 5.11 Å². The molecule has 3 N–H and O–H groups in total. The molecule has 0 bridgehead atoms. The summed E-state index contributed by atoms with van der Waals surface area (Å²) >= 11 is 1.40. The molecule has 0 amide bonds. The molecule has 15 heavy (non-hydrogen) atoms. The lowest BCUT2D eigenvalue weighted by Gasteiger charge is -2.07. The maximum atomic E-state index is 9.19. The molecule has 1 aromatic heterocycles. The Morgan fingerprint density at radius 2 is 2.27 bits per heavy atom. The highest BCUT2D eigenvalue weighted by Crippen LogP contribution is 2.19. The molecule has 6 heteroatoms. The van der Waals surface area contributed by atoms with Crippen LogP contribution in [0, 0.1) is 6.92 Å². The van der Waals surface area contributed by atoms with Crippen molar-refractivity contribution < 1.29 is 10.2 Å². The van der Waals surface area contributed by atoms with E-state index in [1.807, 2.05) is 13.0 Å². The van der Waals surface area contributed by atoms with Crippen LogP contribution in [0.3, 0.4) is 0 Å². The van der Waals surface area contributed by atoms with Crippen LogP contribution in [0.15, 0.2) is 11.1 Å². The molecule has 5 nitrogen and oxygen atoms in total. The van der Waals surface area contributed by atoms with E-state index in [2.05, 4.69) is 15.3 Å². The van der Waals surface area contributed by atoms with Gasteiger partial charge in [-0.2, -0.15) is 0 Å². The Bertz CT molecular complexity index is 322. The zero-order valence-corrected chi connectivity index (χ0v) is 9.58. The first-order valence-corrected chi connectivity index (χ1v) is 5.59. The van der Waals surface area contributed by atoms with Crippen LogP contribution in [0.2, 0.25) is 0 Å². The fraction of sp³-hybridized carbons (Fsp3) is 0.556. The molecule has 1 unspecified atom stereocenters. The van der Waals surface area contributed by atoms with Gasteiger partial charge in [0, 0.05) is 18.9 Å². The van der Waals surface area contributed by atoms with Crippen LogP contribution in [0.25, 0.3) is 0 Å². The molecule has 0 saturated carbocycles. The van der Waals surface area contributed by atoms with Gasteiger partial charge in [0.2, 0.25) is 0 Å². The minimum Gasteiger partial charge on any atom is -0.394 e. The third-order valence-corrected chi connectivity index (χ3v) is 2.76. The number of hydrogen-bond donors (Lipinski definition) is 3. The SMILES string of the molecule is CNc1cc(SCC(O)CO)nc(C)n1. The summed E-state index contributed by atoms with van der Waals surface area (Å²) in [5.41, 5.74) is 0. The van der Waals surface area contributed by atoms with Gasteiger partial charge in [0.05, 0.1) is 12.7 Å². The van der Waals surface area contributed by atoms with Gasteiger partial charge in [0.15, 0.2) is 0 Å². The number of aliphatic hydroxyl groups excluding tert-OH is 2. The van der Waals surface area contributed by atoms with Gasteiger partial charge in [-0.15, -0.1) is 11.8 Å². The average molecular weight is 229 g/mol. The number of aromatic nitrogens is 2. The Kier molecular flexibility index (Phi) is 4.80. The van der Waals surface area contributed by atoms with Gasteiger partial charge in [0.1, 0.15) is 16.7 Å². The van der Waals surface area contributed by atoms with Crippen LogP contribution < -0.4 is 5.32 Å². The lowest BCUT2D eigenvalue weighted by Crippen LogP contribution is -2.14. The van der Waals surface area contributed by atoms with E-state index < -0.39 is 6.10 Å². The number of nitrogens with zero attached hydrogens (tertiary/aromatic N) is 2. The molecule has 1 heterocycles. The Morgan fingerprint density at radius 3 is 2.87 bits per heavy atom.